The molecule has 1 aliphatic rings. The van der Waals surface area contributed by atoms with Crippen LogP contribution in [-0.2, 0) is 0 Å². The quantitative estimate of drug-likeness (QED) is 0.324. The fourth-order valence-corrected chi connectivity index (χ4v) is 3.77. The number of methoxy groups -OCH3 is 1. The number of nitrogens with zero attached hydrogens (tertiary/aromatic N) is 1. The van der Waals surface area contributed by atoms with Gasteiger partial charge >= 0.3 is 0 Å². The molecule has 0 saturated heterocycles. The average molecular weight is 451 g/mol. The van der Waals surface area contributed by atoms with E-state index in [0.717, 1.165) is 39.5 Å². The van der Waals surface area contributed by atoms with Gasteiger partial charge in [0.05, 0.1) is 24.5 Å². The summed E-state index contributed by atoms with van der Waals surface area (Å²) < 4.78 is 11.5. The number of rotatable bonds is 8. The Hall–Kier alpha value is -4.45. The van der Waals surface area contributed by atoms with E-state index in [0.29, 0.717) is 6.61 Å². The van der Waals surface area contributed by atoms with Crippen molar-refractivity contribution in [2.24, 2.45) is 0 Å². The first-order valence-corrected chi connectivity index (χ1v) is 11.2. The highest BCUT2D eigenvalue weighted by atomic mass is 16.5. The molecular weight excluding hydrogens is 424 g/mol. The maximum atomic E-state index is 5.97. The van der Waals surface area contributed by atoms with Crippen molar-refractivity contribution in [3.8, 4) is 11.5 Å². The molecule has 0 fully saturated rings. The molecule has 6 nitrogen and oxygen atoms in total. The highest BCUT2D eigenvalue weighted by Crippen LogP contribution is 2.26. The molecule has 6 heteroatoms. The minimum absolute atomic E-state index is 0.159. The summed E-state index contributed by atoms with van der Waals surface area (Å²) in [6.07, 6.45) is 18.0. The lowest BCUT2D eigenvalue weighted by Crippen LogP contribution is -2.30. The van der Waals surface area contributed by atoms with E-state index in [2.05, 4.69) is 56.9 Å². The van der Waals surface area contributed by atoms with Crippen molar-refractivity contribution in [3.05, 3.63) is 102 Å². The number of nitrogens with one attached hydrogen (secondary N) is 3. The third-order valence-corrected chi connectivity index (χ3v) is 5.58. The number of dihydropyridines is 1. The molecule has 0 aliphatic carbocycles. The maximum Gasteiger partial charge on any atom is 0.126 e. The van der Waals surface area contributed by atoms with Gasteiger partial charge in [-0.05, 0) is 83.9 Å². The van der Waals surface area contributed by atoms with Gasteiger partial charge in [0.2, 0.25) is 0 Å². The number of aromatic amines is 2. The third kappa shape index (κ3) is 5.13. The van der Waals surface area contributed by atoms with E-state index < -0.39 is 0 Å². The van der Waals surface area contributed by atoms with Crippen LogP contribution in [0.25, 0.3) is 35.2 Å². The molecule has 0 bridgehead atoms. The lowest BCUT2D eigenvalue weighted by atomic mass is 10.1. The number of hydrogen-bond acceptors (Lipinski definition) is 4. The van der Waals surface area contributed by atoms with Gasteiger partial charge in [0.25, 0.3) is 0 Å². The first-order valence-electron chi connectivity index (χ1n) is 11.2. The molecule has 2 aromatic carbocycles. The molecule has 0 spiro atoms. The summed E-state index contributed by atoms with van der Waals surface area (Å²) in [4.78, 5) is 3.21. The van der Waals surface area contributed by atoms with Crippen LogP contribution < -0.4 is 14.8 Å². The smallest absolute Gasteiger partial charge is 0.126 e. The van der Waals surface area contributed by atoms with Gasteiger partial charge in [0, 0.05) is 17.3 Å². The zero-order chi connectivity index (χ0) is 23.2. The van der Waals surface area contributed by atoms with Crippen molar-refractivity contribution in [2.75, 3.05) is 13.7 Å². The number of ether oxygens (including phenoxy) is 2. The summed E-state index contributed by atoms with van der Waals surface area (Å²) in [6, 6.07) is 16.4. The van der Waals surface area contributed by atoms with Crippen LogP contribution in [-0.4, -0.2) is 34.9 Å². The molecule has 0 amide bonds. The molecule has 4 aromatic rings. The van der Waals surface area contributed by atoms with E-state index in [4.69, 9.17) is 9.47 Å². The fraction of sp³-hybridized carbons (Fsp3) is 0.107. The number of hydrogen-bond donors (Lipinski definition) is 3. The van der Waals surface area contributed by atoms with E-state index in [1.807, 2.05) is 67.0 Å². The first kappa shape index (κ1) is 21.4. The molecule has 1 aliphatic heterocycles. The van der Waals surface area contributed by atoms with Gasteiger partial charge in [-0.25, -0.2) is 0 Å². The second-order valence-electron chi connectivity index (χ2n) is 7.97. The summed E-state index contributed by atoms with van der Waals surface area (Å²) >= 11 is 0. The zero-order valence-electron chi connectivity index (χ0n) is 18.9. The number of aromatic nitrogens is 3. The zero-order valence-corrected chi connectivity index (χ0v) is 18.9. The van der Waals surface area contributed by atoms with Crippen LogP contribution in [0.3, 0.4) is 0 Å². The van der Waals surface area contributed by atoms with E-state index >= 15 is 0 Å². The summed E-state index contributed by atoms with van der Waals surface area (Å²) in [6.45, 7) is 0.544. The molecule has 1 unspecified atom stereocenters. The molecule has 1 atom stereocenters. The van der Waals surface area contributed by atoms with Crippen LogP contribution in [0, 0.1) is 0 Å². The monoisotopic (exact) mass is 450 g/mol. The fourth-order valence-electron chi connectivity index (χ4n) is 3.77. The highest BCUT2D eigenvalue weighted by Gasteiger charge is 2.07. The summed E-state index contributed by atoms with van der Waals surface area (Å²) in [5.41, 5.74) is 4.95. The Labute approximate surface area is 198 Å². The predicted octanol–water partition coefficient (Wildman–Crippen LogP) is 5.66. The van der Waals surface area contributed by atoms with Crippen LogP contribution in [0.15, 0.2) is 79.2 Å². The van der Waals surface area contributed by atoms with Crippen molar-refractivity contribution >= 4 is 35.2 Å². The standard InChI is InChI=1S/C28H26N4O2/c1-33-28-12-10-26(34-19-25-4-2-3-14-29-25)17-22(28)7-9-24-18-23(31-32-24)8-5-20-6-11-27-21(16-20)13-15-30-27/h2-18,25,29-30H,19H2,1H3,(H,31,32)/b8-5+,9-7+. The van der Waals surface area contributed by atoms with E-state index in [1.54, 1.807) is 7.11 Å². The topological polar surface area (TPSA) is 75.0 Å². The Morgan fingerprint density at radius 1 is 0.971 bits per heavy atom. The Morgan fingerprint density at radius 2 is 1.94 bits per heavy atom. The Morgan fingerprint density at radius 3 is 2.82 bits per heavy atom. The van der Waals surface area contributed by atoms with E-state index in [1.165, 1.54) is 5.39 Å². The van der Waals surface area contributed by atoms with Gasteiger partial charge in [-0.15, -0.1) is 0 Å². The lowest BCUT2D eigenvalue weighted by Gasteiger charge is -2.17. The normalized spacial score (nSPS) is 15.4. The van der Waals surface area contributed by atoms with Gasteiger partial charge in [-0.1, -0.05) is 24.3 Å². The number of benzene rings is 2. The van der Waals surface area contributed by atoms with Crippen molar-refractivity contribution in [3.63, 3.8) is 0 Å². The van der Waals surface area contributed by atoms with E-state index in [-0.39, 0.29) is 6.04 Å². The van der Waals surface area contributed by atoms with Gasteiger partial charge in [-0.2, -0.15) is 5.10 Å². The average Bonchev–Trinajstić information content (AvgIpc) is 3.54. The number of fused-ring (bicyclic) bond motifs is 1. The van der Waals surface area contributed by atoms with Crippen molar-refractivity contribution in [1.29, 1.82) is 0 Å². The Bertz CT molecular complexity index is 1390. The molecule has 0 saturated carbocycles. The van der Waals surface area contributed by atoms with Crippen molar-refractivity contribution < 1.29 is 9.47 Å². The number of allylic oxidation sites excluding steroid dienone is 2. The van der Waals surface area contributed by atoms with Crippen LogP contribution in [0.1, 0.15) is 22.5 Å². The molecule has 5 rings (SSSR count). The molecule has 3 heterocycles. The van der Waals surface area contributed by atoms with Crippen LogP contribution in [0.4, 0.5) is 0 Å². The third-order valence-electron chi connectivity index (χ3n) is 5.58. The van der Waals surface area contributed by atoms with Crippen LogP contribution in [0.2, 0.25) is 0 Å². The van der Waals surface area contributed by atoms with Crippen LogP contribution in [0.5, 0.6) is 11.5 Å². The van der Waals surface area contributed by atoms with Gasteiger partial charge in [0.15, 0.2) is 0 Å². The van der Waals surface area contributed by atoms with Gasteiger partial charge in [0.1, 0.15) is 18.1 Å². The maximum absolute atomic E-state index is 5.97. The second kappa shape index (κ2) is 10.0. The largest absolute Gasteiger partial charge is 0.496 e. The minimum atomic E-state index is 0.159. The SMILES string of the molecule is COc1ccc(OCC2C=CC=CN2)cc1/C=C/c1cc(/C=C/c2ccc3[nH]ccc3c2)[nH]n1. The molecular formula is C28H26N4O2. The summed E-state index contributed by atoms with van der Waals surface area (Å²) in [5, 5.41) is 11.9. The molecule has 0 radical (unpaired) electrons. The second-order valence-corrected chi connectivity index (χ2v) is 7.97. The molecule has 2 aromatic heterocycles. The molecule has 170 valence electrons. The van der Waals surface area contributed by atoms with Crippen molar-refractivity contribution in [2.45, 2.75) is 6.04 Å². The Balaban J connectivity index is 1.26. The number of H-pyrrole nitrogens is 2. The summed E-state index contributed by atoms with van der Waals surface area (Å²) in [5.74, 6) is 1.56. The molecule has 34 heavy (non-hydrogen) atoms. The van der Waals surface area contributed by atoms with Gasteiger partial charge < -0.3 is 19.8 Å². The molecule has 3 N–H and O–H groups in total. The summed E-state index contributed by atoms with van der Waals surface area (Å²) in [7, 11) is 1.67. The Kier molecular flexibility index (Phi) is 6.29. The first-order chi connectivity index (χ1) is 16.8. The minimum Gasteiger partial charge on any atom is -0.496 e. The van der Waals surface area contributed by atoms with Crippen LogP contribution >= 0.6 is 0 Å². The lowest BCUT2D eigenvalue weighted by molar-refractivity contribution is 0.294. The van der Waals surface area contributed by atoms with Gasteiger partial charge in [-0.3, -0.25) is 5.10 Å². The predicted molar refractivity (Wildman–Crippen MR) is 138 cm³/mol. The highest BCUT2D eigenvalue weighted by molar-refractivity contribution is 5.83. The van der Waals surface area contributed by atoms with Crippen molar-refractivity contribution in [1.82, 2.24) is 20.5 Å². The van der Waals surface area contributed by atoms with E-state index in [9.17, 15) is 0 Å².